The molecule has 1 fully saturated rings. The van der Waals surface area contributed by atoms with Gasteiger partial charge in [-0.1, -0.05) is 42.8 Å². The highest BCUT2D eigenvalue weighted by Crippen LogP contribution is 2.34. The van der Waals surface area contributed by atoms with Gasteiger partial charge in [0.15, 0.2) is 24.3 Å². The van der Waals surface area contributed by atoms with E-state index < -0.39 is 30.2 Å². The monoisotopic (exact) mass is 406 g/mol. The first-order valence-electron chi connectivity index (χ1n) is 8.94. The maximum Gasteiger partial charge on any atom is 0.195 e. The number of hydrogen-bond donors (Lipinski definition) is 0. The quantitative estimate of drug-likeness (QED) is 0.734. The van der Waals surface area contributed by atoms with E-state index in [1.54, 1.807) is 36.4 Å². The normalized spacial score (nSPS) is 18.6. The minimum Gasteiger partial charge on any atom is -0.299 e. The summed E-state index contributed by atoms with van der Waals surface area (Å²) < 4.78 is 51.3. The lowest BCUT2D eigenvalue weighted by Crippen LogP contribution is -2.35. The number of ketones is 1. The van der Waals surface area contributed by atoms with Gasteiger partial charge in [0.2, 0.25) is 0 Å². The van der Waals surface area contributed by atoms with Crippen LogP contribution in [0.25, 0.3) is 0 Å². The van der Waals surface area contributed by atoms with Gasteiger partial charge in [-0.3, -0.25) is 4.79 Å². The van der Waals surface area contributed by atoms with Crippen molar-refractivity contribution < 1.29 is 21.6 Å². The molecular weight excluding hydrogens is 384 g/mol. The molecule has 0 radical (unpaired) electrons. The fourth-order valence-corrected chi connectivity index (χ4v) is 8.13. The molecule has 144 valence electrons. The van der Waals surface area contributed by atoms with E-state index in [0.717, 1.165) is 12.8 Å². The molecule has 0 heterocycles. The zero-order chi connectivity index (χ0) is 19.5. The van der Waals surface area contributed by atoms with Crippen molar-refractivity contribution >= 4 is 25.5 Å². The van der Waals surface area contributed by atoms with Gasteiger partial charge in [-0.2, -0.15) is 0 Å². The van der Waals surface area contributed by atoms with Gasteiger partial charge < -0.3 is 0 Å². The van der Waals surface area contributed by atoms with E-state index in [0.29, 0.717) is 12.8 Å². The first-order chi connectivity index (χ1) is 12.8. The summed E-state index contributed by atoms with van der Waals surface area (Å²) >= 11 is 0. The average molecular weight is 407 g/mol. The number of sulfone groups is 2. The van der Waals surface area contributed by atoms with Crippen LogP contribution in [-0.2, 0) is 24.5 Å². The van der Waals surface area contributed by atoms with Crippen LogP contribution < -0.4 is 0 Å². The Balaban J connectivity index is 2.08. The maximum absolute atomic E-state index is 13.2. The number of carbonyl (C=O) groups is 1. The van der Waals surface area contributed by atoms with Crippen molar-refractivity contribution in [2.45, 2.75) is 46.5 Å². The van der Waals surface area contributed by atoms with Crippen LogP contribution >= 0.6 is 0 Å². The molecule has 3 rings (SSSR count). The van der Waals surface area contributed by atoms with Gasteiger partial charge in [0.1, 0.15) is 5.78 Å². The molecule has 1 atom stereocenters. The second-order valence-corrected chi connectivity index (χ2v) is 11.3. The van der Waals surface area contributed by atoms with Crippen molar-refractivity contribution in [3.05, 3.63) is 60.7 Å². The molecule has 0 bridgehead atoms. The van der Waals surface area contributed by atoms with E-state index in [-0.39, 0.29) is 22.0 Å². The van der Waals surface area contributed by atoms with E-state index in [9.17, 15) is 21.6 Å². The van der Waals surface area contributed by atoms with Gasteiger partial charge in [0, 0.05) is 12.3 Å². The molecule has 0 unspecified atom stereocenters. The molecule has 5 nitrogen and oxygen atoms in total. The maximum atomic E-state index is 13.2. The summed E-state index contributed by atoms with van der Waals surface area (Å²) in [6.07, 6.45) is 2.29. The van der Waals surface area contributed by atoms with Crippen LogP contribution in [0.15, 0.2) is 70.5 Å². The minimum absolute atomic E-state index is 0.0437. The van der Waals surface area contributed by atoms with Crippen molar-refractivity contribution in [1.82, 2.24) is 0 Å². The number of hydrogen-bond acceptors (Lipinski definition) is 5. The molecule has 2 aromatic rings. The van der Waals surface area contributed by atoms with Gasteiger partial charge in [-0.05, 0) is 43.5 Å². The minimum atomic E-state index is -4.17. The van der Waals surface area contributed by atoms with Crippen LogP contribution in [0.3, 0.4) is 0 Å². The Morgan fingerprint density at radius 1 is 0.778 bits per heavy atom. The summed E-state index contributed by atoms with van der Waals surface area (Å²) in [6, 6.07) is 15.2. The highest BCUT2D eigenvalue weighted by atomic mass is 32.3. The molecule has 0 spiro atoms. The second-order valence-electron chi connectivity index (χ2n) is 6.79. The molecule has 1 saturated carbocycles. The highest BCUT2D eigenvalue weighted by molar-refractivity contribution is 8.09. The van der Waals surface area contributed by atoms with Crippen LogP contribution in [0.4, 0.5) is 0 Å². The SMILES string of the molecule is O=C1CCCC[C@H]1CC(S(=O)(=O)c1ccccc1)S(=O)(=O)c1ccccc1. The standard InChI is InChI=1S/C20H22O5S2/c21-19-14-8-7-9-16(19)15-20(26(22,23)17-10-3-1-4-11-17)27(24,25)18-12-5-2-6-13-18/h1-6,10-13,16,20H,7-9,14-15H2/t16-/m0/s1. The molecular formula is C20H22O5S2. The largest absolute Gasteiger partial charge is 0.299 e. The molecule has 1 aliphatic carbocycles. The highest BCUT2D eigenvalue weighted by Gasteiger charge is 2.42. The summed E-state index contributed by atoms with van der Waals surface area (Å²) in [5.74, 6) is -0.585. The zero-order valence-corrected chi connectivity index (χ0v) is 16.5. The molecule has 1 aliphatic rings. The first-order valence-corrected chi connectivity index (χ1v) is 12.0. The number of Topliss-reactive ketones (excluding diaryl/α,β-unsaturated/α-hetero) is 1. The molecule has 0 aromatic heterocycles. The molecule has 2 aromatic carbocycles. The summed E-state index contributed by atoms with van der Waals surface area (Å²) in [5.41, 5.74) is 0. The number of benzene rings is 2. The van der Waals surface area contributed by atoms with Gasteiger partial charge in [0.05, 0.1) is 9.79 Å². The Morgan fingerprint density at radius 3 is 1.70 bits per heavy atom. The van der Waals surface area contributed by atoms with Gasteiger partial charge in [-0.25, -0.2) is 16.8 Å². The van der Waals surface area contributed by atoms with Crippen molar-refractivity contribution in [2.75, 3.05) is 0 Å². The van der Waals surface area contributed by atoms with Crippen LogP contribution in [0.5, 0.6) is 0 Å². The summed E-state index contributed by atoms with van der Waals surface area (Å²) in [4.78, 5) is 12.2. The Morgan fingerprint density at radius 2 is 1.26 bits per heavy atom. The van der Waals surface area contributed by atoms with E-state index in [4.69, 9.17) is 0 Å². The van der Waals surface area contributed by atoms with Gasteiger partial charge in [-0.15, -0.1) is 0 Å². The third-order valence-corrected chi connectivity index (χ3v) is 10.1. The second kappa shape index (κ2) is 7.94. The van der Waals surface area contributed by atoms with Gasteiger partial charge >= 0.3 is 0 Å². The zero-order valence-electron chi connectivity index (χ0n) is 14.8. The Kier molecular flexibility index (Phi) is 5.81. The summed E-state index contributed by atoms with van der Waals surface area (Å²) in [5, 5.41) is 0. The van der Waals surface area contributed by atoms with Crippen LogP contribution in [-0.4, -0.2) is 27.2 Å². The van der Waals surface area contributed by atoms with Crippen molar-refractivity contribution in [2.24, 2.45) is 5.92 Å². The summed E-state index contributed by atoms with van der Waals surface area (Å²) in [7, 11) is -8.34. The number of rotatable bonds is 6. The Bertz CT molecular complexity index is 927. The first kappa shape index (κ1) is 19.8. The molecule has 27 heavy (non-hydrogen) atoms. The van der Waals surface area contributed by atoms with Gasteiger partial charge in [0.25, 0.3) is 0 Å². The predicted molar refractivity (Wildman–Crippen MR) is 103 cm³/mol. The molecule has 0 saturated heterocycles. The lowest BCUT2D eigenvalue weighted by molar-refractivity contribution is -0.124. The van der Waals surface area contributed by atoms with E-state index in [2.05, 4.69) is 0 Å². The van der Waals surface area contributed by atoms with E-state index in [1.807, 2.05) is 0 Å². The third-order valence-electron chi connectivity index (χ3n) is 4.99. The third kappa shape index (κ3) is 4.14. The Labute approximate surface area is 160 Å². The van der Waals surface area contributed by atoms with Crippen LogP contribution in [0.2, 0.25) is 0 Å². The Hall–Kier alpha value is -1.99. The van der Waals surface area contributed by atoms with E-state index >= 15 is 0 Å². The lowest BCUT2D eigenvalue weighted by atomic mass is 9.86. The molecule has 0 amide bonds. The smallest absolute Gasteiger partial charge is 0.195 e. The topological polar surface area (TPSA) is 85.3 Å². The van der Waals surface area contributed by atoms with Crippen LogP contribution in [0, 0.1) is 5.92 Å². The lowest BCUT2D eigenvalue weighted by Gasteiger charge is -2.25. The van der Waals surface area contributed by atoms with Crippen molar-refractivity contribution in [1.29, 1.82) is 0 Å². The fraction of sp³-hybridized carbons (Fsp3) is 0.350. The predicted octanol–water partition coefficient (Wildman–Crippen LogP) is 3.41. The van der Waals surface area contributed by atoms with Crippen molar-refractivity contribution in [3.8, 4) is 0 Å². The van der Waals surface area contributed by atoms with Crippen molar-refractivity contribution in [3.63, 3.8) is 0 Å². The molecule has 7 heteroatoms. The van der Waals surface area contributed by atoms with Crippen LogP contribution in [0.1, 0.15) is 32.1 Å². The fourth-order valence-electron chi connectivity index (χ4n) is 3.48. The summed E-state index contributed by atoms with van der Waals surface area (Å²) in [6.45, 7) is 0. The molecule has 0 N–H and O–H groups in total. The number of carbonyl (C=O) groups excluding carboxylic acids is 1. The van der Waals surface area contributed by atoms with E-state index in [1.165, 1.54) is 24.3 Å². The average Bonchev–Trinajstić information content (AvgIpc) is 2.68. The molecule has 0 aliphatic heterocycles.